The second kappa shape index (κ2) is 9.65. The molecule has 3 aromatic rings. The van der Waals surface area contributed by atoms with E-state index in [1.807, 2.05) is 24.3 Å². The number of amides is 1. The van der Waals surface area contributed by atoms with Crippen molar-refractivity contribution in [3.63, 3.8) is 0 Å². The molecule has 1 aromatic heterocycles. The summed E-state index contributed by atoms with van der Waals surface area (Å²) in [7, 11) is 0. The van der Waals surface area contributed by atoms with Crippen LogP contribution in [0.3, 0.4) is 0 Å². The molecule has 2 heterocycles. The van der Waals surface area contributed by atoms with Gasteiger partial charge in [0.2, 0.25) is 0 Å². The van der Waals surface area contributed by atoms with Crippen LogP contribution >= 0.6 is 0 Å². The van der Waals surface area contributed by atoms with E-state index in [9.17, 15) is 13.6 Å². The molecule has 0 bridgehead atoms. The predicted molar refractivity (Wildman–Crippen MR) is 112 cm³/mol. The Hall–Kier alpha value is -3.33. The first kappa shape index (κ1) is 20.9. The molecule has 162 valence electrons. The zero-order valence-corrected chi connectivity index (χ0v) is 16.9. The van der Waals surface area contributed by atoms with Crippen molar-refractivity contribution in [2.45, 2.75) is 25.6 Å². The van der Waals surface area contributed by atoms with Gasteiger partial charge in [-0.05, 0) is 42.3 Å². The molecule has 1 saturated heterocycles. The predicted octanol–water partition coefficient (Wildman–Crippen LogP) is 3.56. The molecular weight excluding hydrogens is 404 g/mol. The minimum absolute atomic E-state index is 0.307. The second-order valence-corrected chi connectivity index (χ2v) is 7.32. The number of nitrogens with one attached hydrogen (secondary N) is 1. The fourth-order valence-electron chi connectivity index (χ4n) is 3.50. The molecule has 9 heteroatoms. The van der Waals surface area contributed by atoms with Crippen LogP contribution in [0.15, 0.2) is 54.9 Å². The number of carbonyl (C=O) groups excluding carboxylic acids is 1. The molecule has 2 aromatic carbocycles. The molecule has 1 fully saturated rings. The van der Waals surface area contributed by atoms with Gasteiger partial charge in [-0.1, -0.05) is 29.5 Å². The van der Waals surface area contributed by atoms with Crippen LogP contribution in [0.2, 0.25) is 0 Å². The standard InChI is InChI=1S/C22H23F2N5O2/c23-8-1-9-25-13-16-2-4-17(5-3-16)20-7-6-18(12-21(20)24)29-15-19(31-22(29)30)14-28-11-10-26-27-28/h2-7,10-12,19,25H,1,8-9,13-15H2. The molecular formula is C22H23F2N5O2. The Morgan fingerprint density at radius 2 is 2.03 bits per heavy atom. The number of anilines is 1. The lowest BCUT2D eigenvalue weighted by Gasteiger charge is -2.14. The first-order valence-electron chi connectivity index (χ1n) is 10.1. The van der Waals surface area contributed by atoms with E-state index < -0.39 is 11.9 Å². The molecule has 1 aliphatic rings. The minimum Gasteiger partial charge on any atom is -0.442 e. The van der Waals surface area contributed by atoms with Crippen LogP contribution in [0.4, 0.5) is 19.3 Å². The van der Waals surface area contributed by atoms with E-state index in [0.717, 1.165) is 11.1 Å². The van der Waals surface area contributed by atoms with Gasteiger partial charge in [-0.15, -0.1) is 5.10 Å². The molecule has 0 radical (unpaired) electrons. The molecule has 1 N–H and O–H groups in total. The van der Waals surface area contributed by atoms with Crippen molar-refractivity contribution in [3.8, 4) is 11.1 Å². The van der Waals surface area contributed by atoms with E-state index in [-0.39, 0.29) is 12.8 Å². The van der Waals surface area contributed by atoms with E-state index in [2.05, 4.69) is 15.6 Å². The molecule has 0 aliphatic carbocycles. The number of carbonyl (C=O) groups is 1. The van der Waals surface area contributed by atoms with Gasteiger partial charge in [0.1, 0.15) is 11.9 Å². The molecule has 31 heavy (non-hydrogen) atoms. The molecule has 1 amide bonds. The molecule has 1 aliphatic heterocycles. The highest BCUT2D eigenvalue weighted by molar-refractivity contribution is 5.90. The van der Waals surface area contributed by atoms with Crippen molar-refractivity contribution in [1.29, 1.82) is 0 Å². The third-order valence-corrected chi connectivity index (χ3v) is 5.08. The summed E-state index contributed by atoms with van der Waals surface area (Å²) in [5, 5.41) is 10.8. The Labute approximate surface area is 178 Å². The summed E-state index contributed by atoms with van der Waals surface area (Å²) >= 11 is 0. The maximum Gasteiger partial charge on any atom is 0.414 e. The number of alkyl halides is 1. The normalized spacial score (nSPS) is 16.0. The molecule has 4 rings (SSSR count). The van der Waals surface area contributed by atoms with E-state index in [4.69, 9.17) is 4.74 Å². The van der Waals surface area contributed by atoms with Gasteiger partial charge in [-0.2, -0.15) is 0 Å². The summed E-state index contributed by atoms with van der Waals surface area (Å²) in [6.07, 6.45) is 2.83. The Kier molecular flexibility index (Phi) is 6.51. The summed E-state index contributed by atoms with van der Waals surface area (Å²) in [5.74, 6) is -0.418. The zero-order chi connectivity index (χ0) is 21.6. The van der Waals surface area contributed by atoms with E-state index in [1.54, 1.807) is 29.2 Å². The third kappa shape index (κ3) is 5.05. The summed E-state index contributed by atoms with van der Waals surface area (Å²) < 4.78 is 33.9. The van der Waals surface area contributed by atoms with Crippen LogP contribution < -0.4 is 10.2 Å². The van der Waals surface area contributed by atoms with Crippen molar-refractivity contribution < 1.29 is 18.3 Å². The lowest BCUT2D eigenvalue weighted by Crippen LogP contribution is -2.26. The van der Waals surface area contributed by atoms with Gasteiger partial charge in [-0.3, -0.25) is 9.29 Å². The van der Waals surface area contributed by atoms with Crippen molar-refractivity contribution in [1.82, 2.24) is 20.3 Å². The number of rotatable bonds is 9. The number of nitrogens with zero attached hydrogens (tertiary/aromatic N) is 4. The van der Waals surface area contributed by atoms with Crippen LogP contribution in [-0.2, 0) is 17.8 Å². The number of hydrogen-bond acceptors (Lipinski definition) is 5. The first-order chi connectivity index (χ1) is 15.1. The number of aromatic nitrogens is 3. The smallest absolute Gasteiger partial charge is 0.414 e. The Balaban J connectivity index is 1.41. The number of cyclic esters (lactones) is 1. The van der Waals surface area contributed by atoms with Gasteiger partial charge in [0.15, 0.2) is 0 Å². The number of ether oxygens (including phenoxy) is 1. The summed E-state index contributed by atoms with van der Waals surface area (Å²) in [5.41, 5.74) is 2.68. The van der Waals surface area contributed by atoms with Crippen molar-refractivity contribution in [2.75, 3.05) is 24.7 Å². The maximum absolute atomic E-state index is 14.9. The van der Waals surface area contributed by atoms with Crippen LogP contribution in [0.1, 0.15) is 12.0 Å². The molecule has 0 spiro atoms. The Bertz CT molecular complexity index is 1010. The molecule has 0 saturated carbocycles. The third-order valence-electron chi connectivity index (χ3n) is 5.08. The monoisotopic (exact) mass is 427 g/mol. The first-order valence-corrected chi connectivity index (χ1v) is 10.1. The van der Waals surface area contributed by atoms with E-state index in [1.165, 1.54) is 11.0 Å². The Morgan fingerprint density at radius 1 is 1.19 bits per heavy atom. The minimum atomic E-state index is -0.512. The van der Waals surface area contributed by atoms with Gasteiger partial charge in [-0.25, -0.2) is 13.9 Å². The van der Waals surface area contributed by atoms with E-state index in [0.29, 0.717) is 43.9 Å². The van der Waals surface area contributed by atoms with Crippen molar-refractivity contribution >= 4 is 11.8 Å². The summed E-state index contributed by atoms with van der Waals surface area (Å²) in [4.78, 5) is 13.7. The fraction of sp³-hybridized carbons (Fsp3) is 0.318. The number of hydrogen-bond donors (Lipinski definition) is 1. The van der Waals surface area contributed by atoms with Crippen LogP contribution in [0, 0.1) is 5.82 Å². The van der Waals surface area contributed by atoms with Gasteiger partial charge in [0.25, 0.3) is 0 Å². The van der Waals surface area contributed by atoms with Crippen molar-refractivity contribution in [3.05, 3.63) is 66.2 Å². The molecule has 1 atom stereocenters. The average molecular weight is 427 g/mol. The summed E-state index contributed by atoms with van der Waals surface area (Å²) in [6.45, 7) is 1.61. The summed E-state index contributed by atoms with van der Waals surface area (Å²) in [6, 6.07) is 12.3. The number of benzene rings is 2. The zero-order valence-electron chi connectivity index (χ0n) is 16.9. The average Bonchev–Trinajstić information content (AvgIpc) is 3.41. The number of halogens is 2. The van der Waals surface area contributed by atoms with Crippen LogP contribution in [-0.4, -0.2) is 47.0 Å². The highest BCUT2D eigenvalue weighted by Crippen LogP contribution is 2.29. The largest absolute Gasteiger partial charge is 0.442 e. The Morgan fingerprint density at radius 3 is 2.74 bits per heavy atom. The topological polar surface area (TPSA) is 72.3 Å². The lowest BCUT2D eigenvalue weighted by molar-refractivity contribution is 0.129. The van der Waals surface area contributed by atoms with Gasteiger partial charge in [0.05, 0.1) is 31.6 Å². The van der Waals surface area contributed by atoms with E-state index >= 15 is 0 Å². The van der Waals surface area contributed by atoms with Crippen molar-refractivity contribution in [2.24, 2.45) is 0 Å². The lowest BCUT2D eigenvalue weighted by atomic mass is 10.0. The van der Waals surface area contributed by atoms with Gasteiger partial charge in [0, 0.05) is 18.3 Å². The SMILES string of the molecule is O=C1OC(Cn2ccnn2)CN1c1ccc(-c2ccc(CNCCCF)cc2)c(F)c1. The highest BCUT2D eigenvalue weighted by Gasteiger charge is 2.33. The van der Waals surface area contributed by atoms with Crippen LogP contribution in [0.5, 0.6) is 0 Å². The maximum atomic E-state index is 14.9. The second-order valence-electron chi connectivity index (χ2n) is 7.32. The fourth-order valence-corrected chi connectivity index (χ4v) is 3.50. The molecule has 1 unspecified atom stereocenters. The van der Waals surface area contributed by atoms with Gasteiger partial charge >= 0.3 is 6.09 Å². The highest BCUT2D eigenvalue weighted by atomic mass is 19.1. The molecule has 7 nitrogen and oxygen atoms in total. The quantitative estimate of drug-likeness (QED) is 0.529. The van der Waals surface area contributed by atoms with Crippen LogP contribution in [0.25, 0.3) is 11.1 Å². The van der Waals surface area contributed by atoms with Gasteiger partial charge < -0.3 is 10.1 Å².